The largest absolute Gasteiger partial charge is 0.491 e. The molecule has 0 aromatic heterocycles. The van der Waals surface area contributed by atoms with Crippen LogP contribution < -0.4 is 10.1 Å². The van der Waals surface area contributed by atoms with Crippen molar-refractivity contribution in [2.45, 2.75) is 25.2 Å². The molecule has 1 atom stereocenters. The van der Waals surface area contributed by atoms with Gasteiger partial charge in [0.1, 0.15) is 5.75 Å². The molecule has 1 heterocycles. The number of hydrogen-bond donors (Lipinski definition) is 1. The Balaban J connectivity index is 2.21. The van der Waals surface area contributed by atoms with Gasteiger partial charge in [-0.1, -0.05) is 19.9 Å². The summed E-state index contributed by atoms with van der Waals surface area (Å²) < 4.78 is 5.77. The van der Waals surface area contributed by atoms with Gasteiger partial charge in [0.05, 0.1) is 12.3 Å². The highest BCUT2D eigenvalue weighted by Crippen LogP contribution is 2.38. The number of fused-ring (bicyclic) bond motifs is 1. The van der Waals surface area contributed by atoms with Crippen LogP contribution in [-0.2, 0) is 0 Å². The Labute approximate surface area is 102 Å². The second-order valence-electron chi connectivity index (χ2n) is 4.27. The van der Waals surface area contributed by atoms with E-state index < -0.39 is 0 Å². The molecule has 1 unspecified atom stereocenters. The summed E-state index contributed by atoms with van der Waals surface area (Å²) in [5, 5.41) is 3.51. The van der Waals surface area contributed by atoms with Gasteiger partial charge in [0, 0.05) is 17.2 Å². The highest BCUT2D eigenvalue weighted by molar-refractivity contribution is 7.99. The molecule has 1 aromatic carbocycles. The average Bonchev–Trinajstić information content (AvgIpc) is 2.49. The molecule has 1 aliphatic heterocycles. The lowest BCUT2D eigenvalue weighted by Gasteiger charge is -2.14. The van der Waals surface area contributed by atoms with Gasteiger partial charge in [-0.3, -0.25) is 0 Å². The first kappa shape index (κ1) is 11.6. The molecule has 16 heavy (non-hydrogen) atoms. The summed E-state index contributed by atoms with van der Waals surface area (Å²) in [5.41, 5.74) is 1.19. The second-order valence-corrected chi connectivity index (χ2v) is 5.34. The van der Waals surface area contributed by atoms with E-state index in [1.54, 1.807) is 0 Å². The number of thioether (sulfide) groups is 1. The predicted octanol–water partition coefficient (Wildman–Crippen LogP) is 3.63. The molecule has 2 rings (SSSR count). The third-order valence-corrected chi connectivity index (χ3v) is 3.99. The van der Waals surface area contributed by atoms with Crippen LogP contribution in [0, 0.1) is 5.92 Å². The third-order valence-electron chi connectivity index (χ3n) is 2.60. The number of anilines is 1. The van der Waals surface area contributed by atoms with E-state index in [4.69, 9.17) is 4.74 Å². The van der Waals surface area contributed by atoms with Gasteiger partial charge in [0.2, 0.25) is 0 Å². The highest BCUT2D eigenvalue weighted by atomic mass is 32.2. The Morgan fingerprint density at radius 2 is 2.38 bits per heavy atom. The molecule has 0 radical (unpaired) electrons. The zero-order chi connectivity index (χ0) is 11.4. The lowest BCUT2D eigenvalue weighted by Crippen LogP contribution is -2.11. The van der Waals surface area contributed by atoms with Crippen molar-refractivity contribution in [3.8, 4) is 5.75 Å². The topological polar surface area (TPSA) is 21.3 Å². The molecule has 2 nitrogen and oxygen atoms in total. The van der Waals surface area contributed by atoms with Crippen molar-refractivity contribution in [2.75, 3.05) is 24.2 Å². The fourth-order valence-corrected chi connectivity index (χ4v) is 2.78. The Hall–Kier alpha value is -0.830. The maximum Gasteiger partial charge on any atom is 0.143 e. The van der Waals surface area contributed by atoms with E-state index in [1.165, 1.54) is 16.3 Å². The van der Waals surface area contributed by atoms with Gasteiger partial charge >= 0.3 is 0 Å². The summed E-state index contributed by atoms with van der Waals surface area (Å²) in [6.07, 6.45) is 1.05. The van der Waals surface area contributed by atoms with Crippen molar-refractivity contribution in [1.29, 1.82) is 0 Å². The molecular formula is C13H19NOS. The van der Waals surface area contributed by atoms with Crippen LogP contribution in [0.1, 0.15) is 20.3 Å². The van der Waals surface area contributed by atoms with Crippen LogP contribution in [0.25, 0.3) is 0 Å². The van der Waals surface area contributed by atoms with Gasteiger partial charge in [-0.25, -0.2) is 0 Å². The fourth-order valence-electron chi connectivity index (χ4n) is 1.71. The summed E-state index contributed by atoms with van der Waals surface area (Å²) in [5.74, 6) is 2.88. The number of para-hydroxylation sites is 1. The first-order valence-corrected chi connectivity index (χ1v) is 6.92. The summed E-state index contributed by atoms with van der Waals surface area (Å²) in [6, 6.07) is 6.30. The van der Waals surface area contributed by atoms with E-state index in [1.807, 2.05) is 11.8 Å². The molecule has 0 bridgehead atoms. The summed E-state index contributed by atoms with van der Waals surface area (Å²) in [4.78, 5) is 1.32. The van der Waals surface area contributed by atoms with E-state index in [0.717, 1.165) is 25.3 Å². The minimum atomic E-state index is 0.705. The van der Waals surface area contributed by atoms with E-state index >= 15 is 0 Å². The van der Waals surface area contributed by atoms with Crippen molar-refractivity contribution >= 4 is 17.4 Å². The van der Waals surface area contributed by atoms with Gasteiger partial charge in [0.25, 0.3) is 0 Å². The smallest absolute Gasteiger partial charge is 0.143 e. The molecule has 1 N–H and O–H groups in total. The van der Waals surface area contributed by atoms with E-state index in [-0.39, 0.29) is 0 Å². The average molecular weight is 237 g/mol. The maximum atomic E-state index is 5.77. The van der Waals surface area contributed by atoms with Crippen molar-refractivity contribution in [1.82, 2.24) is 0 Å². The van der Waals surface area contributed by atoms with Crippen LogP contribution in [0.3, 0.4) is 0 Å². The molecule has 0 aliphatic carbocycles. The normalized spacial score (nSPS) is 19.5. The number of benzene rings is 1. The zero-order valence-corrected chi connectivity index (χ0v) is 10.8. The van der Waals surface area contributed by atoms with Gasteiger partial charge in [-0.2, -0.15) is 0 Å². The van der Waals surface area contributed by atoms with Gasteiger partial charge in [0.15, 0.2) is 0 Å². The van der Waals surface area contributed by atoms with Crippen molar-refractivity contribution < 1.29 is 4.74 Å². The van der Waals surface area contributed by atoms with Gasteiger partial charge in [-0.05, 0) is 24.5 Å². The molecule has 88 valence electrons. The Kier molecular flexibility index (Phi) is 3.99. The quantitative estimate of drug-likeness (QED) is 0.867. The third kappa shape index (κ3) is 2.64. The van der Waals surface area contributed by atoms with Crippen molar-refractivity contribution in [2.24, 2.45) is 5.92 Å². The minimum Gasteiger partial charge on any atom is -0.491 e. The molecule has 0 saturated carbocycles. The molecule has 0 fully saturated rings. The zero-order valence-electron chi connectivity index (χ0n) is 9.95. The summed E-state index contributed by atoms with van der Waals surface area (Å²) in [7, 11) is 0. The van der Waals surface area contributed by atoms with Crippen LogP contribution >= 0.6 is 11.8 Å². The first-order chi connectivity index (χ1) is 7.81. The fraction of sp³-hybridized carbons (Fsp3) is 0.538. The number of nitrogens with one attached hydrogen (secondary N) is 1. The Bertz CT molecular complexity index is 354. The number of hydrogen-bond acceptors (Lipinski definition) is 3. The van der Waals surface area contributed by atoms with E-state index in [9.17, 15) is 0 Å². The van der Waals surface area contributed by atoms with Crippen LogP contribution in [0.2, 0.25) is 0 Å². The van der Waals surface area contributed by atoms with Crippen LogP contribution in [0.15, 0.2) is 23.1 Å². The number of ether oxygens (including phenoxy) is 1. The predicted molar refractivity (Wildman–Crippen MR) is 70.6 cm³/mol. The van der Waals surface area contributed by atoms with E-state index in [2.05, 4.69) is 37.4 Å². The Morgan fingerprint density at radius 3 is 3.19 bits per heavy atom. The first-order valence-electron chi connectivity index (χ1n) is 5.93. The van der Waals surface area contributed by atoms with Gasteiger partial charge in [-0.15, -0.1) is 11.8 Å². The number of rotatable bonds is 3. The maximum absolute atomic E-state index is 5.77. The second kappa shape index (κ2) is 5.48. The SMILES string of the molecule is CCCOc1cccc2c1NCC(C)CS2. The molecule has 1 aromatic rings. The highest BCUT2D eigenvalue weighted by Gasteiger charge is 2.15. The van der Waals surface area contributed by atoms with E-state index in [0.29, 0.717) is 5.92 Å². The molecule has 3 heteroatoms. The lowest BCUT2D eigenvalue weighted by atomic mass is 10.2. The Morgan fingerprint density at radius 1 is 1.50 bits per heavy atom. The molecule has 0 spiro atoms. The standard InChI is InChI=1S/C13H19NOS/c1-3-7-15-11-5-4-6-12-13(11)14-8-10(2)9-16-12/h4-6,10,14H,3,7-9H2,1-2H3. The molecule has 0 amide bonds. The molecular weight excluding hydrogens is 218 g/mol. The summed E-state index contributed by atoms with van der Waals surface area (Å²) in [6.45, 7) is 6.23. The minimum absolute atomic E-state index is 0.705. The monoisotopic (exact) mass is 237 g/mol. The van der Waals surface area contributed by atoms with Crippen LogP contribution in [0.4, 0.5) is 5.69 Å². The molecule has 1 aliphatic rings. The molecule has 0 saturated heterocycles. The lowest BCUT2D eigenvalue weighted by molar-refractivity contribution is 0.318. The van der Waals surface area contributed by atoms with Crippen molar-refractivity contribution in [3.05, 3.63) is 18.2 Å². The van der Waals surface area contributed by atoms with Crippen LogP contribution in [0.5, 0.6) is 5.75 Å². The van der Waals surface area contributed by atoms with Gasteiger partial charge < -0.3 is 10.1 Å². The van der Waals surface area contributed by atoms with Crippen molar-refractivity contribution in [3.63, 3.8) is 0 Å². The summed E-state index contributed by atoms with van der Waals surface area (Å²) >= 11 is 1.92. The van der Waals surface area contributed by atoms with Crippen LogP contribution in [-0.4, -0.2) is 18.9 Å².